The number of amides is 1. The first-order chi connectivity index (χ1) is 14.9. The quantitative estimate of drug-likeness (QED) is 0.433. The van der Waals surface area contributed by atoms with Gasteiger partial charge in [0.25, 0.3) is 0 Å². The molecule has 0 bridgehead atoms. The predicted octanol–water partition coefficient (Wildman–Crippen LogP) is 4.17. The van der Waals surface area contributed by atoms with Crippen molar-refractivity contribution in [3.8, 4) is 0 Å². The smallest absolute Gasteiger partial charge is 0.243 e. The molecule has 1 N–H and O–H groups in total. The van der Waals surface area contributed by atoms with Gasteiger partial charge in [-0.25, -0.2) is 8.42 Å². The Morgan fingerprint density at radius 3 is 2.32 bits per heavy atom. The summed E-state index contributed by atoms with van der Waals surface area (Å²) in [5.41, 5.74) is 2.55. The molecule has 1 saturated heterocycles. The maximum Gasteiger partial charge on any atom is 0.243 e. The molecule has 8 heteroatoms. The zero-order valence-electron chi connectivity index (χ0n) is 18.0. The van der Waals surface area contributed by atoms with Gasteiger partial charge in [-0.15, -0.1) is 11.8 Å². The molecular weight excluding hydrogens is 448 g/mol. The topological polar surface area (TPSA) is 66.5 Å². The second-order valence-corrected chi connectivity index (χ2v) is 11.6. The van der Waals surface area contributed by atoms with Crippen LogP contribution >= 0.6 is 23.5 Å². The number of nitrogens with zero attached hydrogens (tertiary/aromatic N) is 1. The molecule has 1 amide bonds. The molecule has 1 heterocycles. The number of carbonyl (C=O) groups is 1. The monoisotopic (exact) mass is 478 g/mol. The van der Waals surface area contributed by atoms with Crippen LogP contribution in [0.5, 0.6) is 0 Å². The van der Waals surface area contributed by atoms with E-state index in [2.05, 4.69) is 36.5 Å². The molecule has 0 atom stereocenters. The van der Waals surface area contributed by atoms with Gasteiger partial charge in [-0.2, -0.15) is 16.1 Å². The Balaban J connectivity index is 1.39. The number of sulfonamides is 1. The van der Waals surface area contributed by atoms with Crippen LogP contribution in [0.25, 0.3) is 0 Å². The van der Waals surface area contributed by atoms with E-state index in [9.17, 15) is 13.2 Å². The Kier molecular flexibility index (Phi) is 8.89. The lowest BCUT2D eigenvalue weighted by atomic mass is 9.97. The Labute approximate surface area is 194 Å². The standard InChI is InChI=1S/C23H30N2O3S3/c1-18-3-5-19(6-4-18)17-30-16-13-24-23(26)20-11-14-25(15-12-20)31(27,28)22-9-7-21(29-2)8-10-22/h3-10,20H,11-17H2,1-2H3,(H,24,26). The van der Waals surface area contributed by atoms with Crippen LogP contribution in [0.3, 0.4) is 0 Å². The highest BCUT2D eigenvalue weighted by Gasteiger charge is 2.31. The zero-order valence-corrected chi connectivity index (χ0v) is 20.5. The Bertz CT molecular complexity index is 953. The number of rotatable bonds is 9. The van der Waals surface area contributed by atoms with Crippen LogP contribution in [-0.4, -0.2) is 50.3 Å². The van der Waals surface area contributed by atoms with E-state index < -0.39 is 10.0 Å². The van der Waals surface area contributed by atoms with E-state index in [1.807, 2.05) is 18.4 Å². The van der Waals surface area contributed by atoms with Crippen molar-refractivity contribution in [1.82, 2.24) is 9.62 Å². The average Bonchev–Trinajstić information content (AvgIpc) is 2.80. The Morgan fingerprint density at radius 1 is 1.06 bits per heavy atom. The van der Waals surface area contributed by atoms with E-state index in [1.165, 1.54) is 15.4 Å². The fourth-order valence-corrected chi connectivity index (χ4v) is 6.22. The van der Waals surface area contributed by atoms with Crippen LogP contribution < -0.4 is 5.32 Å². The van der Waals surface area contributed by atoms with Gasteiger partial charge in [-0.1, -0.05) is 29.8 Å². The van der Waals surface area contributed by atoms with Gasteiger partial charge in [-0.3, -0.25) is 4.79 Å². The van der Waals surface area contributed by atoms with Gasteiger partial charge in [-0.05, 0) is 55.9 Å². The minimum Gasteiger partial charge on any atom is -0.355 e. The van der Waals surface area contributed by atoms with Gasteiger partial charge in [0, 0.05) is 42.0 Å². The Morgan fingerprint density at radius 2 is 1.71 bits per heavy atom. The number of piperidine rings is 1. The fourth-order valence-electron chi connectivity index (χ4n) is 3.52. The Hall–Kier alpha value is -1.48. The molecule has 2 aromatic rings. The largest absolute Gasteiger partial charge is 0.355 e. The minimum absolute atomic E-state index is 0.0392. The highest BCUT2D eigenvalue weighted by molar-refractivity contribution is 7.98. The van der Waals surface area contributed by atoms with E-state index in [1.54, 1.807) is 35.7 Å². The molecule has 1 aliphatic rings. The summed E-state index contributed by atoms with van der Waals surface area (Å²) in [6.07, 6.45) is 3.08. The van der Waals surface area contributed by atoms with Gasteiger partial charge >= 0.3 is 0 Å². The van der Waals surface area contributed by atoms with E-state index in [4.69, 9.17) is 0 Å². The zero-order chi connectivity index (χ0) is 22.3. The second kappa shape index (κ2) is 11.4. The molecule has 0 aliphatic carbocycles. The van der Waals surface area contributed by atoms with Gasteiger partial charge in [0.05, 0.1) is 4.90 Å². The molecule has 5 nitrogen and oxygen atoms in total. The van der Waals surface area contributed by atoms with Crippen LogP contribution in [0.1, 0.15) is 24.0 Å². The highest BCUT2D eigenvalue weighted by Crippen LogP contribution is 2.25. The van der Waals surface area contributed by atoms with Gasteiger partial charge in [0.2, 0.25) is 15.9 Å². The van der Waals surface area contributed by atoms with Crippen molar-refractivity contribution in [2.45, 2.75) is 35.3 Å². The first-order valence-electron chi connectivity index (χ1n) is 10.5. The molecule has 0 saturated carbocycles. The average molecular weight is 479 g/mol. The number of aryl methyl sites for hydroxylation is 1. The third-order valence-corrected chi connectivity index (χ3v) is 9.14. The lowest BCUT2D eigenvalue weighted by Gasteiger charge is -2.30. The van der Waals surface area contributed by atoms with Crippen LogP contribution in [0, 0.1) is 12.8 Å². The molecule has 0 spiro atoms. The normalized spacial score (nSPS) is 15.7. The number of hydrogen-bond donors (Lipinski definition) is 1. The summed E-state index contributed by atoms with van der Waals surface area (Å²) in [5, 5.41) is 3.02. The highest BCUT2D eigenvalue weighted by atomic mass is 32.2. The number of thioether (sulfide) groups is 2. The lowest BCUT2D eigenvalue weighted by molar-refractivity contribution is -0.125. The van der Waals surface area contributed by atoms with Crippen molar-refractivity contribution >= 4 is 39.5 Å². The van der Waals surface area contributed by atoms with Crippen LogP contribution in [-0.2, 0) is 20.6 Å². The maximum atomic E-state index is 12.9. The molecule has 0 radical (unpaired) electrons. The first-order valence-corrected chi connectivity index (χ1v) is 14.3. The van der Waals surface area contributed by atoms with Crippen molar-refractivity contribution in [3.05, 3.63) is 59.7 Å². The number of nitrogens with one attached hydrogen (secondary N) is 1. The second-order valence-electron chi connectivity index (χ2n) is 7.68. The number of benzene rings is 2. The van der Waals surface area contributed by atoms with E-state index in [0.717, 1.165) is 16.4 Å². The summed E-state index contributed by atoms with van der Waals surface area (Å²) < 4.78 is 27.2. The molecule has 1 aliphatic heterocycles. The van der Waals surface area contributed by atoms with Crippen molar-refractivity contribution < 1.29 is 13.2 Å². The number of hydrogen-bond acceptors (Lipinski definition) is 5. The molecular formula is C23H30N2O3S3. The molecule has 168 valence electrons. The van der Waals surface area contributed by atoms with Gasteiger partial charge in [0.15, 0.2) is 0 Å². The predicted molar refractivity (Wildman–Crippen MR) is 130 cm³/mol. The molecule has 1 fully saturated rings. The van der Waals surface area contributed by atoms with Crippen molar-refractivity contribution in [3.63, 3.8) is 0 Å². The first kappa shape index (κ1) is 24.2. The van der Waals surface area contributed by atoms with Gasteiger partial charge in [0.1, 0.15) is 0 Å². The summed E-state index contributed by atoms with van der Waals surface area (Å²) in [5.74, 6) is 1.72. The van der Waals surface area contributed by atoms with E-state index in [0.29, 0.717) is 37.4 Å². The summed E-state index contributed by atoms with van der Waals surface area (Å²) in [7, 11) is -3.50. The third-order valence-electron chi connectivity index (χ3n) is 5.46. The van der Waals surface area contributed by atoms with E-state index >= 15 is 0 Å². The maximum absolute atomic E-state index is 12.9. The molecule has 31 heavy (non-hydrogen) atoms. The van der Waals surface area contributed by atoms with Crippen molar-refractivity contribution in [2.24, 2.45) is 5.92 Å². The van der Waals surface area contributed by atoms with Crippen LogP contribution in [0.15, 0.2) is 58.3 Å². The summed E-state index contributed by atoms with van der Waals surface area (Å²) >= 11 is 3.38. The van der Waals surface area contributed by atoms with Crippen molar-refractivity contribution in [1.29, 1.82) is 0 Å². The van der Waals surface area contributed by atoms with Gasteiger partial charge < -0.3 is 5.32 Å². The summed E-state index contributed by atoms with van der Waals surface area (Å²) in [6, 6.07) is 15.5. The molecule has 3 rings (SSSR count). The molecule has 0 aromatic heterocycles. The third kappa shape index (κ3) is 6.75. The summed E-state index contributed by atoms with van der Waals surface area (Å²) in [6.45, 7) is 3.48. The minimum atomic E-state index is -3.50. The summed E-state index contributed by atoms with van der Waals surface area (Å²) in [4.78, 5) is 13.8. The number of carbonyl (C=O) groups excluding carboxylic acids is 1. The van der Waals surface area contributed by atoms with Crippen LogP contribution in [0.4, 0.5) is 0 Å². The van der Waals surface area contributed by atoms with Crippen LogP contribution in [0.2, 0.25) is 0 Å². The van der Waals surface area contributed by atoms with E-state index in [-0.39, 0.29) is 11.8 Å². The molecule has 0 unspecified atom stereocenters. The molecule has 2 aromatic carbocycles. The van der Waals surface area contributed by atoms with Crippen molar-refractivity contribution in [2.75, 3.05) is 31.6 Å². The fraction of sp³-hybridized carbons (Fsp3) is 0.435. The lowest BCUT2D eigenvalue weighted by Crippen LogP contribution is -2.43. The SMILES string of the molecule is CSc1ccc(S(=O)(=O)N2CCC(C(=O)NCCSCc3ccc(C)cc3)CC2)cc1.